The van der Waals surface area contributed by atoms with Crippen LogP contribution in [0.25, 0.3) is 0 Å². The molecule has 2 heterocycles. The van der Waals surface area contributed by atoms with Crippen LogP contribution in [0.15, 0.2) is 0 Å². The summed E-state index contributed by atoms with van der Waals surface area (Å²) in [4.78, 5) is 7.63. The normalized spacial score (nSPS) is 23.8. The molecule has 5 nitrogen and oxygen atoms in total. The summed E-state index contributed by atoms with van der Waals surface area (Å²) in [6.07, 6.45) is 1.42. The monoisotopic (exact) mass is 243 g/mol. The zero-order valence-electron chi connectivity index (χ0n) is 9.36. The van der Waals surface area contributed by atoms with Gasteiger partial charge < -0.3 is 10.7 Å². The number of nitrogens with two attached hydrogens (primary N) is 1. The molecule has 3 N–H and O–H groups in total. The molecular formula is C10H17N3O2S. The molecule has 16 heavy (non-hydrogen) atoms. The average molecular weight is 243 g/mol. The van der Waals surface area contributed by atoms with Gasteiger partial charge in [0.1, 0.15) is 5.82 Å². The van der Waals surface area contributed by atoms with Gasteiger partial charge in [-0.25, -0.2) is 13.4 Å². The van der Waals surface area contributed by atoms with Crippen molar-refractivity contribution in [3.8, 4) is 0 Å². The Balaban J connectivity index is 2.19. The highest BCUT2D eigenvalue weighted by molar-refractivity contribution is 7.91. The minimum absolute atomic E-state index is 0.0372. The largest absolute Gasteiger partial charge is 0.346 e. The number of aryl methyl sites for hydroxylation is 1. The van der Waals surface area contributed by atoms with Crippen LogP contribution in [0.5, 0.6) is 0 Å². The van der Waals surface area contributed by atoms with Gasteiger partial charge in [0.25, 0.3) is 0 Å². The third-order valence-electron chi connectivity index (χ3n) is 3.00. The summed E-state index contributed by atoms with van der Waals surface area (Å²) in [6.45, 7) is 2.51. The third kappa shape index (κ3) is 2.27. The summed E-state index contributed by atoms with van der Waals surface area (Å²) in [5.74, 6) is 1.35. The number of nitrogens with zero attached hydrogens (tertiary/aromatic N) is 1. The first-order chi connectivity index (χ1) is 7.52. The van der Waals surface area contributed by atoms with Crippen molar-refractivity contribution < 1.29 is 8.42 Å². The molecule has 1 aliphatic rings. The number of nitrogens with one attached hydrogen (secondary N) is 1. The van der Waals surface area contributed by atoms with Gasteiger partial charge in [-0.3, -0.25) is 0 Å². The van der Waals surface area contributed by atoms with Crippen LogP contribution >= 0.6 is 0 Å². The first kappa shape index (κ1) is 11.6. The van der Waals surface area contributed by atoms with E-state index < -0.39 is 9.84 Å². The smallest absolute Gasteiger partial charge is 0.151 e. The van der Waals surface area contributed by atoms with E-state index in [0.29, 0.717) is 13.0 Å². The predicted octanol–water partition coefficient (Wildman–Crippen LogP) is 0.121. The van der Waals surface area contributed by atoms with Crippen LogP contribution in [-0.2, 0) is 16.3 Å². The van der Waals surface area contributed by atoms with Crippen LogP contribution < -0.4 is 5.73 Å². The van der Waals surface area contributed by atoms with Gasteiger partial charge in [-0.2, -0.15) is 0 Å². The highest BCUT2D eigenvalue weighted by Gasteiger charge is 2.31. The summed E-state index contributed by atoms with van der Waals surface area (Å²) in [5.41, 5.74) is 7.45. The quantitative estimate of drug-likeness (QED) is 0.789. The first-order valence-corrected chi connectivity index (χ1v) is 7.30. The molecule has 1 aromatic heterocycles. The molecule has 0 radical (unpaired) electrons. The van der Waals surface area contributed by atoms with E-state index in [0.717, 1.165) is 23.6 Å². The van der Waals surface area contributed by atoms with E-state index in [1.807, 2.05) is 6.92 Å². The molecule has 90 valence electrons. The van der Waals surface area contributed by atoms with Gasteiger partial charge in [0.2, 0.25) is 0 Å². The average Bonchev–Trinajstić information content (AvgIpc) is 2.72. The summed E-state index contributed by atoms with van der Waals surface area (Å²) in [6, 6.07) is 0. The van der Waals surface area contributed by atoms with Crippen LogP contribution in [0.3, 0.4) is 0 Å². The maximum Gasteiger partial charge on any atom is 0.151 e. The van der Waals surface area contributed by atoms with Crippen LogP contribution in [0, 0.1) is 6.92 Å². The fourth-order valence-electron chi connectivity index (χ4n) is 2.11. The zero-order valence-corrected chi connectivity index (χ0v) is 10.2. The van der Waals surface area contributed by atoms with Crippen molar-refractivity contribution in [3.63, 3.8) is 0 Å². The number of hydrogen-bond donors (Lipinski definition) is 2. The Morgan fingerprint density at radius 2 is 2.31 bits per heavy atom. The number of hydrogen-bond acceptors (Lipinski definition) is 4. The number of aromatic amines is 1. The van der Waals surface area contributed by atoms with Crippen LogP contribution in [0.1, 0.15) is 29.6 Å². The maximum absolute atomic E-state index is 11.4. The van der Waals surface area contributed by atoms with Crippen LogP contribution in [0.2, 0.25) is 0 Å². The molecule has 0 aromatic carbocycles. The Bertz CT molecular complexity index is 478. The maximum atomic E-state index is 11.4. The molecule has 1 aliphatic heterocycles. The van der Waals surface area contributed by atoms with Gasteiger partial charge in [-0.05, 0) is 19.9 Å². The zero-order chi connectivity index (χ0) is 11.8. The molecule has 1 aromatic rings. The van der Waals surface area contributed by atoms with Crippen molar-refractivity contribution in [2.45, 2.75) is 25.7 Å². The molecule has 0 spiro atoms. The summed E-state index contributed by atoms with van der Waals surface area (Å²) in [7, 11) is -2.84. The minimum Gasteiger partial charge on any atom is -0.346 e. The third-order valence-corrected chi connectivity index (χ3v) is 4.77. The van der Waals surface area contributed by atoms with Crippen molar-refractivity contribution in [3.05, 3.63) is 17.2 Å². The molecule has 1 saturated heterocycles. The lowest BCUT2D eigenvalue weighted by atomic mass is 10.1. The molecule has 0 amide bonds. The molecular weight excluding hydrogens is 226 g/mol. The van der Waals surface area contributed by atoms with E-state index in [4.69, 9.17) is 5.73 Å². The van der Waals surface area contributed by atoms with E-state index in [2.05, 4.69) is 9.97 Å². The Morgan fingerprint density at radius 3 is 2.88 bits per heavy atom. The minimum atomic E-state index is -2.84. The number of aromatic nitrogens is 2. The highest BCUT2D eigenvalue weighted by Crippen LogP contribution is 2.27. The van der Waals surface area contributed by atoms with Crippen molar-refractivity contribution in [2.24, 2.45) is 5.73 Å². The molecule has 1 fully saturated rings. The van der Waals surface area contributed by atoms with E-state index in [1.54, 1.807) is 0 Å². The summed E-state index contributed by atoms with van der Waals surface area (Å²) < 4.78 is 22.7. The molecule has 0 aliphatic carbocycles. The van der Waals surface area contributed by atoms with Crippen molar-refractivity contribution >= 4 is 9.84 Å². The second-order valence-corrected chi connectivity index (χ2v) is 6.56. The summed E-state index contributed by atoms with van der Waals surface area (Å²) >= 11 is 0. The van der Waals surface area contributed by atoms with Crippen molar-refractivity contribution in [1.29, 1.82) is 0 Å². The Kier molecular flexibility index (Phi) is 3.03. The van der Waals surface area contributed by atoms with Crippen LogP contribution in [0.4, 0.5) is 0 Å². The van der Waals surface area contributed by atoms with Crippen molar-refractivity contribution in [2.75, 3.05) is 18.1 Å². The SMILES string of the molecule is Cc1[nH]c(C2CCS(=O)(=O)C2)nc1CCN. The topological polar surface area (TPSA) is 88.8 Å². The van der Waals surface area contributed by atoms with Crippen molar-refractivity contribution in [1.82, 2.24) is 9.97 Å². The Hall–Kier alpha value is -0.880. The van der Waals surface area contributed by atoms with Gasteiger partial charge in [-0.1, -0.05) is 0 Å². The van der Waals surface area contributed by atoms with Gasteiger partial charge in [0, 0.05) is 18.0 Å². The lowest BCUT2D eigenvalue weighted by Crippen LogP contribution is -2.06. The lowest BCUT2D eigenvalue weighted by Gasteiger charge is -2.01. The Labute approximate surface area is 95.4 Å². The van der Waals surface area contributed by atoms with E-state index in [9.17, 15) is 8.42 Å². The van der Waals surface area contributed by atoms with Gasteiger partial charge in [0.05, 0.1) is 17.2 Å². The van der Waals surface area contributed by atoms with Gasteiger partial charge in [-0.15, -0.1) is 0 Å². The number of sulfone groups is 1. The number of rotatable bonds is 3. The molecule has 0 saturated carbocycles. The fraction of sp³-hybridized carbons (Fsp3) is 0.700. The predicted molar refractivity (Wildman–Crippen MR) is 62.1 cm³/mol. The summed E-state index contributed by atoms with van der Waals surface area (Å²) in [5, 5.41) is 0. The first-order valence-electron chi connectivity index (χ1n) is 5.47. The van der Waals surface area contributed by atoms with E-state index >= 15 is 0 Å². The molecule has 1 atom stereocenters. The fourth-order valence-corrected chi connectivity index (χ4v) is 3.85. The molecule has 1 unspecified atom stereocenters. The van der Waals surface area contributed by atoms with E-state index in [-0.39, 0.29) is 17.4 Å². The highest BCUT2D eigenvalue weighted by atomic mass is 32.2. The second kappa shape index (κ2) is 4.18. The molecule has 2 rings (SSSR count). The van der Waals surface area contributed by atoms with E-state index in [1.165, 1.54) is 0 Å². The number of imidazole rings is 1. The lowest BCUT2D eigenvalue weighted by molar-refractivity contribution is 0.601. The standard InChI is InChI=1S/C10H17N3O2S/c1-7-9(2-4-11)13-10(12-7)8-3-5-16(14,15)6-8/h8H,2-6,11H2,1H3,(H,12,13). The second-order valence-electron chi connectivity index (χ2n) is 4.33. The Morgan fingerprint density at radius 1 is 1.56 bits per heavy atom. The number of H-pyrrole nitrogens is 1. The molecule has 6 heteroatoms. The van der Waals surface area contributed by atoms with Crippen LogP contribution in [-0.4, -0.2) is 36.4 Å². The van der Waals surface area contributed by atoms with Gasteiger partial charge >= 0.3 is 0 Å². The van der Waals surface area contributed by atoms with Gasteiger partial charge in [0.15, 0.2) is 9.84 Å². The molecule has 0 bridgehead atoms.